The smallest absolute Gasteiger partial charge is 0.276 e. The van der Waals surface area contributed by atoms with E-state index >= 15 is 0 Å². The van der Waals surface area contributed by atoms with Gasteiger partial charge in [-0.2, -0.15) is 0 Å². The van der Waals surface area contributed by atoms with Crippen molar-refractivity contribution >= 4 is 5.91 Å². The summed E-state index contributed by atoms with van der Waals surface area (Å²) >= 11 is 0. The molecule has 8 nitrogen and oxygen atoms in total. The third-order valence-corrected chi connectivity index (χ3v) is 3.98. The SMILES string of the molecule is COc1ccc(OCc2nc(C(=O)N(C)[C@H](C)c3ccon3)co2)cc1. The fourth-order valence-electron chi connectivity index (χ4n) is 2.28. The molecule has 8 heteroatoms. The molecule has 1 aromatic carbocycles. The third-order valence-electron chi connectivity index (χ3n) is 3.98. The van der Waals surface area contributed by atoms with Crippen LogP contribution in [0.2, 0.25) is 0 Å². The van der Waals surface area contributed by atoms with E-state index in [4.69, 9.17) is 18.4 Å². The minimum Gasteiger partial charge on any atom is -0.497 e. The number of methoxy groups -OCH3 is 1. The van der Waals surface area contributed by atoms with E-state index in [0.717, 1.165) is 5.75 Å². The number of oxazole rings is 1. The van der Waals surface area contributed by atoms with Crippen molar-refractivity contribution in [2.75, 3.05) is 14.2 Å². The lowest BCUT2D eigenvalue weighted by molar-refractivity contribution is 0.0731. The monoisotopic (exact) mass is 357 g/mol. The Bertz CT molecular complexity index is 842. The van der Waals surface area contributed by atoms with Crippen molar-refractivity contribution in [3.8, 4) is 11.5 Å². The zero-order chi connectivity index (χ0) is 18.5. The Morgan fingerprint density at radius 2 is 1.96 bits per heavy atom. The Hall–Kier alpha value is -3.29. The number of nitrogens with zero attached hydrogens (tertiary/aromatic N) is 3. The zero-order valence-electron chi connectivity index (χ0n) is 14.7. The highest BCUT2D eigenvalue weighted by atomic mass is 16.5. The van der Waals surface area contributed by atoms with Gasteiger partial charge in [-0.25, -0.2) is 4.98 Å². The minimum absolute atomic E-state index is 0.113. The number of amides is 1. The molecule has 0 saturated heterocycles. The summed E-state index contributed by atoms with van der Waals surface area (Å²) in [5.41, 5.74) is 0.864. The normalized spacial score (nSPS) is 11.8. The van der Waals surface area contributed by atoms with Gasteiger partial charge in [-0.1, -0.05) is 5.16 Å². The highest BCUT2D eigenvalue weighted by Gasteiger charge is 2.23. The Morgan fingerprint density at radius 3 is 2.62 bits per heavy atom. The molecule has 26 heavy (non-hydrogen) atoms. The molecule has 3 aromatic rings. The van der Waals surface area contributed by atoms with E-state index < -0.39 is 0 Å². The van der Waals surface area contributed by atoms with Gasteiger partial charge in [0.25, 0.3) is 5.91 Å². The maximum Gasteiger partial charge on any atom is 0.276 e. The molecule has 0 aliphatic rings. The van der Waals surface area contributed by atoms with Crippen LogP contribution in [-0.4, -0.2) is 35.1 Å². The minimum atomic E-state index is -0.278. The topological polar surface area (TPSA) is 90.8 Å². The van der Waals surface area contributed by atoms with Gasteiger partial charge < -0.3 is 23.3 Å². The van der Waals surface area contributed by atoms with Gasteiger partial charge in [0, 0.05) is 13.1 Å². The number of carbonyl (C=O) groups is 1. The first-order chi connectivity index (χ1) is 12.6. The first-order valence-corrected chi connectivity index (χ1v) is 7.97. The average molecular weight is 357 g/mol. The molecule has 0 bridgehead atoms. The Balaban J connectivity index is 1.60. The van der Waals surface area contributed by atoms with Gasteiger partial charge in [0.1, 0.15) is 29.7 Å². The summed E-state index contributed by atoms with van der Waals surface area (Å²) in [5, 5.41) is 3.85. The predicted molar refractivity (Wildman–Crippen MR) is 90.8 cm³/mol. The molecule has 0 aliphatic carbocycles. The van der Waals surface area contributed by atoms with Crippen LogP contribution in [0.3, 0.4) is 0 Å². The summed E-state index contributed by atoms with van der Waals surface area (Å²) in [7, 11) is 3.27. The maximum atomic E-state index is 12.5. The standard InChI is InChI=1S/C18H19N3O5/c1-12(15-8-9-26-20-15)21(2)18(22)16-10-25-17(19-16)11-24-14-6-4-13(23-3)5-7-14/h4-10,12H,11H2,1-3H3/t12-/m1/s1. The molecular formula is C18H19N3O5. The number of hydrogen-bond donors (Lipinski definition) is 0. The van der Waals surface area contributed by atoms with Gasteiger partial charge in [-0.3, -0.25) is 4.79 Å². The van der Waals surface area contributed by atoms with Gasteiger partial charge in [0.05, 0.1) is 13.2 Å². The molecule has 3 rings (SSSR count). The van der Waals surface area contributed by atoms with E-state index in [9.17, 15) is 4.79 Å². The lowest BCUT2D eigenvalue weighted by Gasteiger charge is -2.21. The average Bonchev–Trinajstić information content (AvgIpc) is 3.37. The molecular weight excluding hydrogens is 338 g/mol. The molecule has 1 atom stereocenters. The van der Waals surface area contributed by atoms with E-state index in [-0.39, 0.29) is 24.2 Å². The predicted octanol–water partition coefficient (Wildman–Crippen LogP) is 3.08. The van der Waals surface area contributed by atoms with Crippen LogP contribution in [0, 0.1) is 0 Å². The van der Waals surface area contributed by atoms with Crippen molar-refractivity contribution < 1.29 is 23.2 Å². The summed E-state index contributed by atoms with van der Waals surface area (Å²) < 4.78 is 20.8. The van der Waals surface area contributed by atoms with E-state index in [1.165, 1.54) is 17.4 Å². The van der Waals surface area contributed by atoms with Gasteiger partial charge >= 0.3 is 0 Å². The second-order valence-electron chi connectivity index (χ2n) is 5.61. The summed E-state index contributed by atoms with van der Waals surface area (Å²) in [6.45, 7) is 1.96. The maximum absolute atomic E-state index is 12.5. The van der Waals surface area contributed by atoms with Gasteiger partial charge in [0.2, 0.25) is 5.89 Å². The van der Waals surface area contributed by atoms with E-state index in [1.807, 2.05) is 6.92 Å². The van der Waals surface area contributed by atoms with Crippen LogP contribution >= 0.6 is 0 Å². The molecule has 0 fully saturated rings. The van der Waals surface area contributed by atoms with Crippen molar-refractivity contribution in [2.24, 2.45) is 0 Å². The third kappa shape index (κ3) is 3.85. The van der Waals surface area contributed by atoms with Crippen LogP contribution in [0.25, 0.3) is 0 Å². The number of ether oxygens (including phenoxy) is 2. The molecule has 0 unspecified atom stereocenters. The highest BCUT2D eigenvalue weighted by molar-refractivity contribution is 5.92. The molecule has 2 heterocycles. The highest BCUT2D eigenvalue weighted by Crippen LogP contribution is 2.20. The number of rotatable bonds is 7. The number of benzene rings is 1. The van der Waals surface area contributed by atoms with Crippen molar-refractivity contribution in [1.29, 1.82) is 0 Å². The molecule has 0 spiro atoms. The van der Waals surface area contributed by atoms with Crippen molar-refractivity contribution in [1.82, 2.24) is 15.0 Å². The van der Waals surface area contributed by atoms with Crippen molar-refractivity contribution in [3.05, 3.63) is 60.1 Å². The number of hydrogen-bond acceptors (Lipinski definition) is 7. The van der Waals surface area contributed by atoms with Gasteiger partial charge in [-0.15, -0.1) is 0 Å². The second-order valence-corrected chi connectivity index (χ2v) is 5.61. The first-order valence-electron chi connectivity index (χ1n) is 7.97. The second kappa shape index (κ2) is 7.73. The van der Waals surface area contributed by atoms with Gasteiger partial charge in [-0.05, 0) is 31.2 Å². The van der Waals surface area contributed by atoms with Crippen LogP contribution < -0.4 is 9.47 Å². The number of carbonyl (C=O) groups excluding carboxylic acids is 1. The zero-order valence-corrected chi connectivity index (χ0v) is 14.7. The van der Waals surface area contributed by atoms with E-state index in [0.29, 0.717) is 17.3 Å². The first kappa shape index (κ1) is 17.5. The molecule has 1 amide bonds. The molecule has 0 aliphatic heterocycles. The lowest BCUT2D eigenvalue weighted by atomic mass is 10.2. The van der Waals surface area contributed by atoms with Crippen molar-refractivity contribution in [3.63, 3.8) is 0 Å². The number of aromatic nitrogens is 2. The van der Waals surface area contributed by atoms with Gasteiger partial charge in [0.15, 0.2) is 12.3 Å². The molecule has 2 aromatic heterocycles. The summed E-state index contributed by atoms with van der Waals surface area (Å²) in [4.78, 5) is 18.2. The Kier molecular flexibility index (Phi) is 5.21. The molecule has 0 N–H and O–H groups in total. The largest absolute Gasteiger partial charge is 0.497 e. The molecule has 136 valence electrons. The summed E-state index contributed by atoms with van der Waals surface area (Å²) in [5.74, 6) is 1.42. The Labute approximate surface area is 150 Å². The van der Waals surface area contributed by atoms with Crippen LogP contribution in [-0.2, 0) is 6.61 Å². The van der Waals surface area contributed by atoms with E-state index in [2.05, 4.69) is 10.1 Å². The Morgan fingerprint density at radius 1 is 1.23 bits per heavy atom. The lowest BCUT2D eigenvalue weighted by Crippen LogP contribution is -2.30. The fraction of sp³-hybridized carbons (Fsp3) is 0.278. The molecule has 0 saturated carbocycles. The quantitative estimate of drug-likeness (QED) is 0.642. The molecule has 0 radical (unpaired) electrons. The van der Waals surface area contributed by atoms with Crippen LogP contribution in [0.1, 0.15) is 35.0 Å². The van der Waals surface area contributed by atoms with E-state index in [1.54, 1.807) is 44.5 Å². The summed E-state index contributed by atoms with van der Waals surface area (Å²) in [6, 6.07) is 8.60. The fourth-order valence-corrected chi connectivity index (χ4v) is 2.28. The van der Waals surface area contributed by atoms with Crippen molar-refractivity contribution in [2.45, 2.75) is 19.6 Å². The summed E-state index contributed by atoms with van der Waals surface area (Å²) in [6.07, 6.45) is 2.79. The van der Waals surface area contributed by atoms with Crippen LogP contribution in [0.5, 0.6) is 11.5 Å². The van der Waals surface area contributed by atoms with Crippen LogP contribution in [0.4, 0.5) is 0 Å². The van der Waals surface area contributed by atoms with Crippen LogP contribution in [0.15, 0.2) is 51.8 Å².